The number of ether oxygens (including phenoxy) is 1. The number of nitrogens with zero attached hydrogens (tertiary/aromatic N) is 3. The number of methoxy groups -OCH3 is 1. The molecule has 2 aromatic rings. The molecule has 0 spiro atoms. The highest BCUT2D eigenvalue weighted by atomic mass is 16.5. The van der Waals surface area contributed by atoms with Crippen LogP contribution in [0.5, 0.6) is 11.6 Å². The highest BCUT2D eigenvalue weighted by Gasteiger charge is 2.23. The van der Waals surface area contributed by atoms with Gasteiger partial charge in [0.15, 0.2) is 0 Å². The molecule has 2 N–H and O–H groups in total. The van der Waals surface area contributed by atoms with E-state index in [1.165, 1.54) is 0 Å². The third-order valence-electron chi connectivity index (χ3n) is 4.30. The lowest BCUT2D eigenvalue weighted by Crippen LogP contribution is -2.50. The Kier molecular flexibility index (Phi) is 4.92. The fourth-order valence-corrected chi connectivity index (χ4v) is 2.86. The van der Waals surface area contributed by atoms with Crippen LogP contribution in [-0.2, 0) is 0 Å². The molecule has 1 aliphatic rings. The summed E-state index contributed by atoms with van der Waals surface area (Å²) < 4.78 is 5.07. The van der Waals surface area contributed by atoms with Crippen molar-refractivity contribution >= 4 is 17.4 Å². The minimum atomic E-state index is -0.146. The van der Waals surface area contributed by atoms with Gasteiger partial charge < -0.3 is 25.0 Å². The van der Waals surface area contributed by atoms with Gasteiger partial charge in [-0.25, -0.2) is 9.78 Å². The number of urea groups is 1. The fraction of sp³-hybridized carbons (Fsp3) is 0.333. The third-order valence-corrected chi connectivity index (χ3v) is 4.30. The van der Waals surface area contributed by atoms with Crippen molar-refractivity contribution in [1.82, 2.24) is 9.88 Å². The number of carbonyl (C=O) groups excluding carboxylic acids is 1. The van der Waals surface area contributed by atoms with Crippen molar-refractivity contribution in [1.29, 1.82) is 0 Å². The van der Waals surface area contributed by atoms with Gasteiger partial charge in [0.25, 0.3) is 0 Å². The van der Waals surface area contributed by atoms with Crippen LogP contribution in [0.4, 0.5) is 16.2 Å². The van der Waals surface area contributed by atoms with E-state index in [4.69, 9.17) is 4.74 Å². The maximum atomic E-state index is 12.5. The van der Waals surface area contributed by atoms with Gasteiger partial charge in [0.1, 0.15) is 5.75 Å². The molecule has 0 saturated carbocycles. The average Bonchev–Trinajstić information content (AvgIpc) is 2.64. The topological polar surface area (TPSA) is 77.9 Å². The fourth-order valence-electron chi connectivity index (χ4n) is 2.86. The van der Waals surface area contributed by atoms with Crippen molar-refractivity contribution in [2.45, 2.75) is 6.92 Å². The van der Waals surface area contributed by atoms with Crippen molar-refractivity contribution in [3.05, 3.63) is 42.1 Å². The van der Waals surface area contributed by atoms with Crippen LogP contribution in [0.2, 0.25) is 0 Å². The highest BCUT2D eigenvalue weighted by Crippen LogP contribution is 2.27. The van der Waals surface area contributed by atoms with Gasteiger partial charge in [-0.2, -0.15) is 0 Å². The Morgan fingerprint density at radius 2 is 1.88 bits per heavy atom. The summed E-state index contributed by atoms with van der Waals surface area (Å²) in [5.41, 5.74) is 2.19. The molecule has 1 fully saturated rings. The molecule has 1 aromatic carbocycles. The Morgan fingerprint density at radius 1 is 1.16 bits per heavy atom. The molecule has 3 rings (SSSR count). The number of hydrogen-bond acceptors (Lipinski definition) is 5. The van der Waals surface area contributed by atoms with Gasteiger partial charge >= 0.3 is 6.03 Å². The Labute approximate surface area is 146 Å². The third kappa shape index (κ3) is 3.76. The Morgan fingerprint density at radius 3 is 2.52 bits per heavy atom. The summed E-state index contributed by atoms with van der Waals surface area (Å²) in [6, 6.07) is 10.6. The summed E-state index contributed by atoms with van der Waals surface area (Å²) in [6.45, 7) is 4.34. The van der Waals surface area contributed by atoms with E-state index in [1.54, 1.807) is 36.3 Å². The lowest BCUT2D eigenvalue weighted by molar-refractivity contribution is 0.208. The van der Waals surface area contributed by atoms with Crippen LogP contribution in [0.25, 0.3) is 0 Å². The second kappa shape index (κ2) is 7.29. The molecule has 0 radical (unpaired) electrons. The number of para-hydroxylation sites is 2. The summed E-state index contributed by atoms with van der Waals surface area (Å²) in [6.07, 6.45) is 0. The van der Waals surface area contributed by atoms with Crippen LogP contribution >= 0.6 is 0 Å². The average molecular weight is 342 g/mol. The minimum absolute atomic E-state index is 0.146. The number of nitrogens with one attached hydrogen (secondary N) is 1. The molecule has 132 valence electrons. The van der Waals surface area contributed by atoms with E-state index in [2.05, 4.69) is 15.2 Å². The summed E-state index contributed by atoms with van der Waals surface area (Å²) in [5.74, 6) is 0.784. The summed E-state index contributed by atoms with van der Waals surface area (Å²) in [4.78, 5) is 20.6. The van der Waals surface area contributed by atoms with Crippen LogP contribution in [0.3, 0.4) is 0 Å². The van der Waals surface area contributed by atoms with Gasteiger partial charge in [-0.15, -0.1) is 0 Å². The Hall–Kier alpha value is -2.96. The second-order valence-electron chi connectivity index (χ2n) is 5.88. The zero-order valence-corrected chi connectivity index (χ0v) is 14.4. The van der Waals surface area contributed by atoms with E-state index in [9.17, 15) is 9.90 Å². The zero-order valence-electron chi connectivity index (χ0n) is 14.4. The van der Waals surface area contributed by atoms with Crippen molar-refractivity contribution in [3.63, 3.8) is 0 Å². The first-order valence-corrected chi connectivity index (χ1v) is 8.19. The molecule has 7 nitrogen and oxygen atoms in total. The van der Waals surface area contributed by atoms with Crippen molar-refractivity contribution in [2.24, 2.45) is 0 Å². The number of aromatic hydroxyl groups is 1. The summed E-state index contributed by atoms with van der Waals surface area (Å²) >= 11 is 0. The first kappa shape index (κ1) is 16.9. The number of piperazine rings is 1. The molecule has 1 saturated heterocycles. The SMILES string of the molecule is COc1ccc(NC(=O)N2CCN(c3ccccc3O)CC2)c(C)n1. The molecule has 1 aromatic heterocycles. The predicted molar refractivity (Wildman–Crippen MR) is 96.4 cm³/mol. The lowest BCUT2D eigenvalue weighted by Gasteiger charge is -2.36. The first-order valence-electron chi connectivity index (χ1n) is 8.19. The van der Waals surface area contributed by atoms with E-state index in [0.717, 1.165) is 5.69 Å². The maximum Gasteiger partial charge on any atom is 0.322 e. The smallest absolute Gasteiger partial charge is 0.322 e. The van der Waals surface area contributed by atoms with Gasteiger partial charge in [0.05, 0.1) is 24.2 Å². The molecule has 0 unspecified atom stereocenters. The zero-order chi connectivity index (χ0) is 17.8. The maximum absolute atomic E-state index is 12.5. The largest absolute Gasteiger partial charge is 0.506 e. The number of aryl methyl sites for hydroxylation is 1. The lowest BCUT2D eigenvalue weighted by atomic mass is 10.2. The molecule has 0 bridgehead atoms. The minimum Gasteiger partial charge on any atom is -0.506 e. The number of aromatic nitrogens is 1. The highest BCUT2D eigenvalue weighted by molar-refractivity contribution is 5.90. The predicted octanol–water partition coefficient (Wildman–Crippen LogP) is 2.46. The van der Waals surface area contributed by atoms with Gasteiger partial charge in [-0.1, -0.05) is 12.1 Å². The van der Waals surface area contributed by atoms with Crippen LogP contribution in [-0.4, -0.2) is 54.3 Å². The van der Waals surface area contributed by atoms with E-state index in [-0.39, 0.29) is 11.8 Å². The number of rotatable bonds is 3. The summed E-state index contributed by atoms with van der Waals surface area (Å²) in [5, 5.41) is 12.9. The van der Waals surface area contributed by atoms with Crippen LogP contribution in [0, 0.1) is 6.92 Å². The number of anilines is 2. The quantitative estimate of drug-likeness (QED) is 0.896. The number of carbonyl (C=O) groups is 1. The van der Waals surface area contributed by atoms with E-state index in [1.807, 2.05) is 19.1 Å². The molecule has 25 heavy (non-hydrogen) atoms. The monoisotopic (exact) mass is 342 g/mol. The van der Waals surface area contributed by atoms with Crippen LogP contribution in [0.15, 0.2) is 36.4 Å². The normalized spacial score (nSPS) is 14.3. The second-order valence-corrected chi connectivity index (χ2v) is 5.88. The van der Waals surface area contributed by atoms with E-state index >= 15 is 0 Å². The van der Waals surface area contributed by atoms with Gasteiger partial charge in [0, 0.05) is 32.2 Å². The van der Waals surface area contributed by atoms with Crippen LogP contribution in [0.1, 0.15) is 5.69 Å². The van der Waals surface area contributed by atoms with E-state index < -0.39 is 0 Å². The molecule has 1 aliphatic heterocycles. The van der Waals surface area contributed by atoms with Crippen LogP contribution < -0.4 is 15.0 Å². The van der Waals surface area contributed by atoms with Crippen molar-refractivity contribution in [3.8, 4) is 11.6 Å². The molecule has 2 amide bonds. The number of hydrogen-bond donors (Lipinski definition) is 2. The Balaban J connectivity index is 1.59. The Bertz CT molecular complexity index is 758. The number of phenolic OH excluding ortho intramolecular Hbond substituents is 1. The molecular formula is C18H22N4O3. The first-order chi connectivity index (χ1) is 12.1. The van der Waals surface area contributed by atoms with E-state index in [0.29, 0.717) is 43.4 Å². The summed E-state index contributed by atoms with van der Waals surface area (Å²) in [7, 11) is 1.56. The standard InChI is InChI=1S/C18H22N4O3/c1-13-14(7-8-17(19-13)25-2)20-18(24)22-11-9-21(10-12-22)15-5-3-4-6-16(15)23/h3-8,23H,9-12H2,1-2H3,(H,20,24). The van der Waals surface area contributed by atoms with Gasteiger partial charge in [0.2, 0.25) is 5.88 Å². The molecule has 0 atom stereocenters. The molecule has 2 heterocycles. The molecule has 0 aliphatic carbocycles. The number of phenols is 1. The van der Waals surface area contributed by atoms with Gasteiger partial charge in [-0.3, -0.25) is 0 Å². The van der Waals surface area contributed by atoms with Crippen molar-refractivity contribution < 1.29 is 14.6 Å². The van der Waals surface area contributed by atoms with Crippen molar-refractivity contribution in [2.75, 3.05) is 43.5 Å². The number of benzene rings is 1. The molecule has 7 heteroatoms. The number of amides is 2. The van der Waals surface area contributed by atoms with Gasteiger partial charge in [-0.05, 0) is 25.1 Å². The number of pyridine rings is 1. The molecular weight excluding hydrogens is 320 g/mol.